The van der Waals surface area contributed by atoms with Crippen molar-refractivity contribution in [2.45, 2.75) is 24.7 Å². The van der Waals surface area contributed by atoms with Crippen molar-refractivity contribution in [3.8, 4) is 44.5 Å². The highest BCUT2D eigenvalue weighted by Crippen LogP contribution is 2.63. The summed E-state index contributed by atoms with van der Waals surface area (Å²) in [5.41, 5.74) is 23.8. The Morgan fingerprint density at radius 2 is 0.836 bits per heavy atom. The minimum Gasteiger partial charge on any atom is -0.456 e. The monoisotopic (exact) mass is 855 g/mol. The van der Waals surface area contributed by atoms with E-state index in [0.29, 0.717) is 0 Å². The van der Waals surface area contributed by atoms with Crippen LogP contribution in [0.15, 0.2) is 221 Å². The lowest BCUT2D eigenvalue weighted by Gasteiger charge is -2.32. The lowest BCUT2D eigenvalue weighted by Crippen LogP contribution is -2.26. The number of furan rings is 2. The second-order valence-electron chi connectivity index (χ2n) is 19.1. The summed E-state index contributed by atoms with van der Waals surface area (Å²) in [6.07, 6.45) is 0. The molecule has 1 spiro atoms. The summed E-state index contributed by atoms with van der Waals surface area (Å²) in [4.78, 5) is 2.44. The number of rotatable bonds is 4. The van der Waals surface area contributed by atoms with E-state index in [1.54, 1.807) is 0 Å². The quantitative estimate of drug-likeness (QED) is 0.177. The van der Waals surface area contributed by atoms with E-state index in [-0.39, 0.29) is 5.41 Å². The summed E-state index contributed by atoms with van der Waals surface area (Å²) in [6.45, 7) is 4.72. The highest BCUT2D eigenvalue weighted by atomic mass is 16.3. The predicted molar refractivity (Wildman–Crippen MR) is 275 cm³/mol. The van der Waals surface area contributed by atoms with E-state index in [1.165, 1.54) is 72.3 Å². The van der Waals surface area contributed by atoms with E-state index >= 15 is 0 Å². The first kappa shape index (κ1) is 36.9. The van der Waals surface area contributed by atoms with E-state index in [4.69, 9.17) is 8.83 Å². The fourth-order valence-corrected chi connectivity index (χ4v) is 12.5. The minimum absolute atomic E-state index is 0.182. The molecule has 3 heteroatoms. The van der Waals surface area contributed by atoms with E-state index in [1.807, 2.05) is 6.07 Å². The van der Waals surface area contributed by atoms with E-state index < -0.39 is 5.41 Å². The Morgan fingerprint density at radius 1 is 0.328 bits per heavy atom. The Kier molecular flexibility index (Phi) is 7.22. The molecule has 0 bridgehead atoms. The normalized spacial score (nSPS) is 14.4. The number of nitrogens with zero attached hydrogens (tertiary/aromatic N) is 1. The van der Waals surface area contributed by atoms with Crippen LogP contribution < -0.4 is 4.90 Å². The third-order valence-electron chi connectivity index (χ3n) is 15.5. The number of fused-ring (bicyclic) bond motifs is 19. The molecule has 3 aliphatic rings. The van der Waals surface area contributed by atoms with Gasteiger partial charge in [-0.2, -0.15) is 0 Å². The van der Waals surface area contributed by atoms with E-state index in [0.717, 1.165) is 66.5 Å². The molecule has 3 nitrogen and oxygen atoms in total. The van der Waals surface area contributed by atoms with Crippen LogP contribution >= 0.6 is 0 Å². The molecule has 0 saturated heterocycles. The Morgan fingerprint density at radius 3 is 1.49 bits per heavy atom. The highest BCUT2D eigenvalue weighted by molar-refractivity contribution is 6.17. The number of anilines is 3. The third-order valence-corrected chi connectivity index (χ3v) is 15.5. The van der Waals surface area contributed by atoms with Gasteiger partial charge in [-0.15, -0.1) is 0 Å². The number of hydrogen-bond donors (Lipinski definition) is 0. The standard InChI is InChI=1S/C64H41NO2/c1-63(2)52-22-10-6-17-42(52)46-31-28-40(34-56(46)63)65(41-29-32-47-45-20-9-13-25-55(45)64(57(47)35-41)53-23-11-7-18-43(53)44-19-8-12-24-54(44)64)58-26-14-21-49-51-37-60-50(36-61(51)67-62(49)58)48-30-27-39(33-59(48)66-60)38-15-4-3-5-16-38/h3-37H,1-2H3. The summed E-state index contributed by atoms with van der Waals surface area (Å²) in [5, 5.41) is 4.19. The van der Waals surface area contributed by atoms with Gasteiger partial charge in [0.05, 0.1) is 11.1 Å². The van der Waals surface area contributed by atoms with Crippen molar-refractivity contribution in [3.05, 3.63) is 246 Å². The van der Waals surface area contributed by atoms with Crippen LogP contribution in [0.25, 0.3) is 88.4 Å². The van der Waals surface area contributed by atoms with Crippen LogP contribution in [0, 0.1) is 0 Å². The maximum absolute atomic E-state index is 7.16. The highest BCUT2D eigenvalue weighted by Gasteiger charge is 2.51. The molecular weight excluding hydrogens is 815 g/mol. The van der Waals surface area contributed by atoms with Gasteiger partial charge in [0.2, 0.25) is 0 Å². The molecule has 0 atom stereocenters. The van der Waals surface area contributed by atoms with Crippen molar-refractivity contribution in [1.82, 2.24) is 0 Å². The maximum Gasteiger partial charge on any atom is 0.159 e. The van der Waals surface area contributed by atoms with Crippen LogP contribution in [-0.4, -0.2) is 0 Å². The zero-order chi connectivity index (χ0) is 44.2. The summed E-state index contributed by atoms with van der Waals surface area (Å²) in [5.74, 6) is 0. The molecule has 0 unspecified atom stereocenters. The molecule has 67 heavy (non-hydrogen) atoms. The SMILES string of the molecule is CC1(C)c2ccccc2-c2ccc(N(c3ccc4c(c3)C3(c5ccccc5-c5ccccc53)c3ccccc3-4)c3cccc4c3oc3cc5c(cc34)oc3cc(-c4ccccc4)ccc35)cc21. The van der Waals surface area contributed by atoms with Gasteiger partial charge in [0.1, 0.15) is 16.7 Å². The third kappa shape index (κ3) is 4.80. The minimum atomic E-state index is -0.480. The van der Waals surface area contributed by atoms with E-state index in [9.17, 15) is 0 Å². The average molecular weight is 856 g/mol. The molecule has 12 aromatic rings. The van der Waals surface area contributed by atoms with Gasteiger partial charge in [0, 0.05) is 38.3 Å². The predicted octanol–water partition coefficient (Wildman–Crippen LogP) is 17.3. The van der Waals surface area contributed by atoms with Crippen molar-refractivity contribution in [1.29, 1.82) is 0 Å². The van der Waals surface area contributed by atoms with Gasteiger partial charge in [-0.05, 0) is 132 Å². The second kappa shape index (κ2) is 13.1. The van der Waals surface area contributed by atoms with Crippen LogP contribution in [0.4, 0.5) is 17.1 Å². The van der Waals surface area contributed by atoms with Crippen LogP contribution in [0.2, 0.25) is 0 Å². The fraction of sp³-hybridized carbons (Fsp3) is 0.0625. The van der Waals surface area contributed by atoms with Gasteiger partial charge in [0.25, 0.3) is 0 Å². The molecule has 0 N–H and O–H groups in total. The van der Waals surface area contributed by atoms with Crippen molar-refractivity contribution in [3.63, 3.8) is 0 Å². The van der Waals surface area contributed by atoms with Gasteiger partial charge in [-0.25, -0.2) is 0 Å². The van der Waals surface area contributed by atoms with E-state index in [2.05, 4.69) is 225 Å². The van der Waals surface area contributed by atoms with Crippen molar-refractivity contribution in [2.75, 3.05) is 4.90 Å². The van der Waals surface area contributed by atoms with Crippen molar-refractivity contribution in [2.24, 2.45) is 0 Å². The average Bonchev–Trinajstić information content (AvgIpc) is 4.14. The van der Waals surface area contributed by atoms with Gasteiger partial charge in [-0.3, -0.25) is 0 Å². The second-order valence-corrected chi connectivity index (χ2v) is 19.1. The number of para-hydroxylation sites is 1. The zero-order valence-corrected chi connectivity index (χ0v) is 37.0. The lowest BCUT2D eigenvalue weighted by molar-refractivity contribution is 0.660. The molecule has 0 saturated carbocycles. The molecule has 2 aromatic heterocycles. The Balaban J connectivity index is 0.972. The molecule has 15 rings (SSSR count). The Bertz CT molecular complexity index is 4030. The zero-order valence-electron chi connectivity index (χ0n) is 37.0. The van der Waals surface area contributed by atoms with Crippen LogP contribution in [0.1, 0.15) is 47.2 Å². The fourth-order valence-electron chi connectivity index (χ4n) is 12.5. The molecule has 10 aromatic carbocycles. The Hall–Kier alpha value is -8.40. The number of benzene rings is 10. The molecule has 0 fully saturated rings. The molecule has 314 valence electrons. The number of hydrogen-bond acceptors (Lipinski definition) is 3. The van der Waals surface area contributed by atoms with Gasteiger partial charge >= 0.3 is 0 Å². The van der Waals surface area contributed by atoms with Crippen molar-refractivity contribution >= 4 is 60.9 Å². The molecule has 2 heterocycles. The van der Waals surface area contributed by atoms with Gasteiger partial charge < -0.3 is 13.7 Å². The van der Waals surface area contributed by atoms with Gasteiger partial charge in [-0.1, -0.05) is 172 Å². The smallest absolute Gasteiger partial charge is 0.159 e. The lowest BCUT2D eigenvalue weighted by atomic mass is 9.70. The van der Waals surface area contributed by atoms with Crippen molar-refractivity contribution < 1.29 is 8.83 Å². The molecule has 0 radical (unpaired) electrons. The first-order valence-corrected chi connectivity index (χ1v) is 23.3. The molecule has 0 aliphatic heterocycles. The maximum atomic E-state index is 7.16. The van der Waals surface area contributed by atoms with Gasteiger partial charge in [0.15, 0.2) is 5.58 Å². The van der Waals surface area contributed by atoms with Crippen LogP contribution in [0.5, 0.6) is 0 Å². The largest absolute Gasteiger partial charge is 0.456 e. The van der Waals surface area contributed by atoms with Crippen LogP contribution in [0.3, 0.4) is 0 Å². The molecular formula is C64H41NO2. The summed E-state index contributed by atoms with van der Waals surface area (Å²) in [6, 6.07) is 78.2. The first-order chi connectivity index (χ1) is 33.0. The molecule has 3 aliphatic carbocycles. The summed E-state index contributed by atoms with van der Waals surface area (Å²) in [7, 11) is 0. The molecule has 0 amide bonds. The summed E-state index contributed by atoms with van der Waals surface area (Å²) < 4.78 is 13.8. The summed E-state index contributed by atoms with van der Waals surface area (Å²) >= 11 is 0. The first-order valence-electron chi connectivity index (χ1n) is 23.3. The topological polar surface area (TPSA) is 29.5 Å². The van der Waals surface area contributed by atoms with Crippen LogP contribution in [-0.2, 0) is 10.8 Å². The Labute approximate surface area is 387 Å².